The molecule has 0 amide bonds. The minimum absolute atomic E-state index is 0. The second-order valence-electron chi connectivity index (χ2n) is 5.33. The van der Waals surface area contributed by atoms with Crippen LogP contribution in [0.25, 0.3) is 0 Å². The predicted molar refractivity (Wildman–Crippen MR) is 78.7 cm³/mol. The molecule has 0 aromatic carbocycles. The molecule has 6 nitrogen and oxygen atoms in total. The van der Waals surface area contributed by atoms with Crippen molar-refractivity contribution in [3.8, 4) is 5.88 Å². The van der Waals surface area contributed by atoms with Crippen LogP contribution in [0.2, 0.25) is 0 Å². The molecule has 0 fully saturated rings. The molecule has 0 saturated carbocycles. The van der Waals surface area contributed by atoms with E-state index in [4.69, 9.17) is 0 Å². The smallest absolute Gasteiger partial charge is 0.859 e. The van der Waals surface area contributed by atoms with Crippen molar-refractivity contribution in [2.75, 3.05) is 0 Å². The van der Waals surface area contributed by atoms with Gasteiger partial charge in [0.1, 0.15) is 0 Å². The average Bonchev–Trinajstić information content (AvgIpc) is 2.47. The molecule has 0 radical (unpaired) electrons. The van der Waals surface area contributed by atoms with E-state index in [-0.39, 0.29) is 36.0 Å². The van der Waals surface area contributed by atoms with E-state index in [1.807, 2.05) is 0 Å². The number of aromatic nitrogens is 2. The van der Waals surface area contributed by atoms with Crippen LogP contribution in [0.5, 0.6) is 5.88 Å². The molecule has 0 aliphatic heterocycles. The molecule has 118 valence electrons. The van der Waals surface area contributed by atoms with E-state index in [9.17, 15) is 19.5 Å². The molecule has 0 aliphatic carbocycles. The molecule has 22 heavy (non-hydrogen) atoms. The maximum Gasteiger partial charge on any atom is 1.00 e. The van der Waals surface area contributed by atoms with E-state index in [2.05, 4.69) is 6.92 Å². The molecular weight excluding hydrogens is 295 g/mol. The third-order valence-corrected chi connectivity index (χ3v) is 3.65. The Labute approximate surface area is 152 Å². The minimum Gasteiger partial charge on any atom is -0.859 e. The first-order chi connectivity index (χ1) is 9.91. The topological polar surface area (TPSA) is 84.1 Å². The molecule has 0 atom stereocenters. The first kappa shape index (κ1) is 21.1. The molecule has 1 aromatic heterocycles. The zero-order valence-electron chi connectivity index (χ0n) is 14.0. The summed E-state index contributed by atoms with van der Waals surface area (Å²) >= 11 is 0. The number of unbranched alkanes of at least 4 members (excludes halogenated alkanes) is 5. The van der Waals surface area contributed by atoms with Crippen molar-refractivity contribution in [2.45, 2.75) is 51.9 Å². The number of nitrogens with zero attached hydrogens (tertiary/aromatic N) is 2. The first-order valence-corrected chi connectivity index (χ1v) is 7.42. The van der Waals surface area contributed by atoms with Gasteiger partial charge in [-0.1, -0.05) is 39.0 Å². The van der Waals surface area contributed by atoms with Crippen LogP contribution in [0.4, 0.5) is 0 Å². The summed E-state index contributed by atoms with van der Waals surface area (Å²) in [6.45, 7) is 2.13. The Morgan fingerprint density at radius 3 is 2.14 bits per heavy atom. The average molecular weight is 318 g/mol. The molecular formula is C15H23N2NaO4. The summed E-state index contributed by atoms with van der Waals surface area (Å²) in [7, 11) is 2.54. The largest absolute Gasteiger partial charge is 1.00 e. The van der Waals surface area contributed by atoms with Crippen molar-refractivity contribution in [3.05, 3.63) is 26.4 Å². The second kappa shape index (κ2) is 10.0. The van der Waals surface area contributed by atoms with Gasteiger partial charge in [0.2, 0.25) is 0 Å². The SMILES string of the molecule is CCCCCCCCC(=O)c1c([O-])n(C)c(=O)n(C)c1=O.[Na+]. The summed E-state index contributed by atoms with van der Waals surface area (Å²) in [4.78, 5) is 35.5. The van der Waals surface area contributed by atoms with Gasteiger partial charge in [0, 0.05) is 20.5 Å². The van der Waals surface area contributed by atoms with Gasteiger partial charge in [-0.15, -0.1) is 0 Å². The molecule has 1 rings (SSSR count). The Hall–Kier alpha value is -0.850. The van der Waals surface area contributed by atoms with E-state index >= 15 is 0 Å². The predicted octanol–water partition coefficient (Wildman–Crippen LogP) is -1.91. The summed E-state index contributed by atoms with van der Waals surface area (Å²) in [5.74, 6) is -1.26. The fraction of sp³-hybridized carbons (Fsp3) is 0.667. The minimum atomic E-state index is -0.793. The van der Waals surface area contributed by atoms with Gasteiger partial charge in [0.25, 0.3) is 5.56 Å². The standard InChI is InChI=1S/C15H24N2O4.Na/c1-4-5-6-7-8-9-10-11(18)12-13(19)16(2)15(21)17(3)14(12)20;/h19H,4-10H2,1-3H3;/q;+1/p-1. The maximum absolute atomic E-state index is 12.1. The summed E-state index contributed by atoms with van der Waals surface area (Å²) in [6, 6.07) is 0. The summed E-state index contributed by atoms with van der Waals surface area (Å²) in [6.07, 6.45) is 6.27. The third kappa shape index (κ3) is 5.11. The molecule has 7 heteroatoms. The van der Waals surface area contributed by atoms with Gasteiger partial charge >= 0.3 is 35.2 Å². The normalized spacial score (nSPS) is 10.3. The Kier molecular flexibility index (Phi) is 9.64. The Balaban J connectivity index is 0.00000441. The van der Waals surface area contributed by atoms with E-state index in [1.54, 1.807) is 0 Å². The molecule has 1 heterocycles. The van der Waals surface area contributed by atoms with Gasteiger partial charge in [-0.3, -0.25) is 14.2 Å². The summed E-state index contributed by atoms with van der Waals surface area (Å²) in [5.41, 5.74) is -1.90. The number of carbonyl (C=O) groups excluding carboxylic acids is 1. The van der Waals surface area contributed by atoms with Crippen molar-refractivity contribution in [3.63, 3.8) is 0 Å². The van der Waals surface area contributed by atoms with Gasteiger partial charge in [0.15, 0.2) is 5.78 Å². The summed E-state index contributed by atoms with van der Waals surface area (Å²) < 4.78 is 1.60. The van der Waals surface area contributed by atoms with Crippen LogP contribution in [0.1, 0.15) is 62.2 Å². The Morgan fingerprint density at radius 1 is 1.00 bits per heavy atom. The molecule has 0 saturated heterocycles. The van der Waals surface area contributed by atoms with Crippen molar-refractivity contribution >= 4 is 5.78 Å². The van der Waals surface area contributed by atoms with E-state index < -0.39 is 28.5 Å². The number of rotatable bonds is 8. The van der Waals surface area contributed by atoms with Crippen molar-refractivity contribution in [2.24, 2.45) is 14.1 Å². The van der Waals surface area contributed by atoms with Gasteiger partial charge in [-0.25, -0.2) is 4.79 Å². The van der Waals surface area contributed by atoms with Crippen LogP contribution in [0, 0.1) is 0 Å². The van der Waals surface area contributed by atoms with Crippen LogP contribution >= 0.6 is 0 Å². The van der Waals surface area contributed by atoms with E-state index in [1.165, 1.54) is 20.5 Å². The molecule has 1 aromatic rings. The quantitative estimate of drug-likeness (QED) is 0.318. The van der Waals surface area contributed by atoms with Crippen LogP contribution in [0.15, 0.2) is 9.59 Å². The number of hydrogen-bond acceptors (Lipinski definition) is 4. The fourth-order valence-corrected chi connectivity index (χ4v) is 2.26. The molecule has 0 aliphatic rings. The van der Waals surface area contributed by atoms with E-state index in [0.29, 0.717) is 6.42 Å². The van der Waals surface area contributed by atoms with Crippen molar-refractivity contribution in [1.29, 1.82) is 0 Å². The van der Waals surface area contributed by atoms with Crippen LogP contribution in [-0.4, -0.2) is 14.9 Å². The zero-order valence-corrected chi connectivity index (χ0v) is 16.0. The first-order valence-electron chi connectivity index (χ1n) is 7.42. The molecule has 0 spiro atoms. The van der Waals surface area contributed by atoms with Crippen LogP contribution in [-0.2, 0) is 14.1 Å². The number of carbonyl (C=O) groups is 1. The summed E-state index contributed by atoms with van der Waals surface area (Å²) in [5, 5.41) is 11.9. The number of ketones is 1. The van der Waals surface area contributed by atoms with Crippen molar-refractivity contribution in [1.82, 2.24) is 9.13 Å². The number of Topliss-reactive ketones (excluding diaryl/α,β-unsaturated/α-hetero) is 1. The van der Waals surface area contributed by atoms with Gasteiger partial charge in [-0.2, -0.15) is 0 Å². The van der Waals surface area contributed by atoms with E-state index in [0.717, 1.165) is 34.8 Å². The molecule has 0 bridgehead atoms. The Bertz CT molecular complexity index is 619. The fourth-order valence-electron chi connectivity index (χ4n) is 2.26. The third-order valence-electron chi connectivity index (χ3n) is 3.65. The number of hydrogen-bond donors (Lipinski definition) is 0. The maximum atomic E-state index is 12.1. The van der Waals surface area contributed by atoms with Gasteiger partial charge < -0.3 is 9.67 Å². The molecule has 0 N–H and O–H groups in total. The molecule has 0 unspecified atom stereocenters. The Morgan fingerprint density at radius 2 is 1.55 bits per heavy atom. The van der Waals surface area contributed by atoms with Gasteiger partial charge in [-0.05, 0) is 12.3 Å². The van der Waals surface area contributed by atoms with Crippen molar-refractivity contribution < 1.29 is 39.5 Å². The zero-order chi connectivity index (χ0) is 16.0. The monoisotopic (exact) mass is 318 g/mol. The van der Waals surface area contributed by atoms with Gasteiger partial charge in [0.05, 0.1) is 5.56 Å². The second-order valence-corrected chi connectivity index (χ2v) is 5.33. The van der Waals surface area contributed by atoms with Crippen LogP contribution in [0.3, 0.4) is 0 Å². The van der Waals surface area contributed by atoms with Crippen LogP contribution < -0.4 is 45.9 Å².